The predicted molar refractivity (Wildman–Crippen MR) is 87.3 cm³/mol. The molecule has 0 aliphatic rings. The van der Waals surface area contributed by atoms with Gasteiger partial charge < -0.3 is 19.5 Å². The van der Waals surface area contributed by atoms with Gasteiger partial charge in [-0.3, -0.25) is 4.79 Å². The van der Waals surface area contributed by atoms with Crippen LogP contribution in [0.1, 0.15) is 17.3 Å². The molecule has 0 bridgehead atoms. The van der Waals surface area contributed by atoms with Crippen LogP contribution in [0.15, 0.2) is 42.6 Å². The fourth-order valence-electron chi connectivity index (χ4n) is 1.90. The Labute approximate surface area is 139 Å². The molecule has 0 aliphatic heterocycles. The number of hydrogen-bond acceptors (Lipinski definition) is 6. The lowest BCUT2D eigenvalue weighted by molar-refractivity contribution is -0.119. The van der Waals surface area contributed by atoms with E-state index in [2.05, 4.69) is 10.3 Å². The van der Waals surface area contributed by atoms with Crippen LogP contribution in [0.2, 0.25) is 0 Å². The molecule has 2 aromatic rings. The fraction of sp³-hybridized carbons (Fsp3) is 0.235. The van der Waals surface area contributed by atoms with Crippen LogP contribution in [-0.2, 0) is 9.53 Å². The van der Waals surface area contributed by atoms with E-state index in [0.717, 1.165) is 0 Å². The Morgan fingerprint density at radius 3 is 2.79 bits per heavy atom. The van der Waals surface area contributed by atoms with E-state index >= 15 is 0 Å². The van der Waals surface area contributed by atoms with Crippen molar-refractivity contribution in [3.63, 3.8) is 0 Å². The third kappa shape index (κ3) is 4.70. The van der Waals surface area contributed by atoms with Crippen LogP contribution in [0, 0.1) is 0 Å². The monoisotopic (exact) mass is 330 g/mol. The minimum absolute atomic E-state index is 0.175. The highest BCUT2D eigenvalue weighted by molar-refractivity contribution is 5.96. The third-order valence-corrected chi connectivity index (χ3v) is 2.96. The van der Waals surface area contributed by atoms with Gasteiger partial charge in [-0.25, -0.2) is 9.78 Å². The first-order valence-corrected chi connectivity index (χ1v) is 7.33. The first-order valence-electron chi connectivity index (χ1n) is 7.33. The number of carbonyl (C=O) groups is 2. The van der Waals surface area contributed by atoms with Gasteiger partial charge in [-0.05, 0) is 31.2 Å². The Balaban J connectivity index is 1.92. The molecule has 0 fully saturated rings. The number of hydrogen-bond donors (Lipinski definition) is 1. The maximum Gasteiger partial charge on any atom is 0.344 e. The highest BCUT2D eigenvalue weighted by Crippen LogP contribution is 2.17. The van der Waals surface area contributed by atoms with E-state index in [1.54, 1.807) is 37.3 Å². The van der Waals surface area contributed by atoms with Crippen molar-refractivity contribution in [2.75, 3.05) is 25.6 Å². The van der Waals surface area contributed by atoms with Crippen LogP contribution < -0.4 is 14.8 Å². The molecule has 0 saturated carbocycles. The quantitative estimate of drug-likeness (QED) is 0.784. The summed E-state index contributed by atoms with van der Waals surface area (Å²) in [5, 5.41) is 2.62. The summed E-state index contributed by atoms with van der Waals surface area (Å²) >= 11 is 0. The van der Waals surface area contributed by atoms with Crippen LogP contribution in [0.4, 0.5) is 5.69 Å². The summed E-state index contributed by atoms with van der Waals surface area (Å²) in [6.07, 6.45) is 1.51. The molecular weight excluding hydrogens is 312 g/mol. The Kier molecular flexibility index (Phi) is 6.13. The number of rotatable bonds is 7. The van der Waals surface area contributed by atoms with Crippen LogP contribution in [0.25, 0.3) is 0 Å². The summed E-state index contributed by atoms with van der Waals surface area (Å²) in [7, 11) is 1.53. The lowest BCUT2D eigenvalue weighted by atomic mass is 10.3. The number of aromatic nitrogens is 1. The van der Waals surface area contributed by atoms with Crippen LogP contribution in [-0.4, -0.2) is 37.2 Å². The largest absolute Gasteiger partial charge is 0.497 e. The molecule has 1 amide bonds. The van der Waals surface area contributed by atoms with Crippen molar-refractivity contribution in [1.82, 2.24) is 4.98 Å². The first-order chi connectivity index (χ1) is 11.6. The molecule has 1 N–H and O–H groups in total. The number of nitrogens with zero attached hydrogens (tertiary/aromatic N) is 1. The van der Waals surface area contributed by atoms with E-state index in [-0.39, 0.29) is 11.4 Å². The fourth-order valence-corrected chi connectivity index (χ4v) is 1.90. The van der Waals surface area contributed by atoms with Gasteiger partial charge in [-0.15, -0.1) is 0 Å². The van der Waals surface area contributed by atoms with E-state index in [0.29, 0.717) is 18.0 Å². The van der Waals surface area contributed by atoms with Gasteiger partial charge >= 0.3 is 5.97 Å². The second-order valence-electron chi connectivity index (χ2n) is 4.65. The molecule has 126 valence electrons. The van der Waals surface area contributed by atoms with Crippen molar-refractivity contribution in [3.8, 4) is 11.6 Å². The maximum absolute atomic E-state index is 12.1. The summed E-state index contributed by atoms with van der Waals surface area (Å²) < 4.78 is 15.3. The van der Waals surface area contributed by atoms with E-state index < -0.39 is 18.5 Å². The zero-order valence-electron chi connectivity index (χ0n) is 13.4. The molecule has 2 rings (SSSR count). The normalized spacial score (nSPS) is 9.92. The van der Waals surface area contributed by atoms with Crippen LogP contribution in [0.5, 0.6) is 11.6 Å². The number of amides is 1. The SMILES string of the molecule is CCOc1ncccc1C(=O)OCC(=O)Nc1cccc(OC)c1. The molecule has 0 spiro atoms. The van der Waals surface area contributed by atoms with Crippen molar-refractivity contribution in [3.05, 3.63) is 48.2 Å². The number of pyridine rings is 1. The lowest BCUT2D eigenvalue weighted by Crippen LogP contribution is -2.21. The van der Waals surface area contributed by atoms with Crippen molar-refractivity contribution < 1.29 is 23.8 Å². The standard InChI is InChI=1S/C17H18N2O5/c1-3-23-16-14(8-5-9-18-16)17(21)24-11-15(20)19-12-6-4-7-13(10-12)22-2/h4-10H,3,11H2,1-2H3,(H,19,20). The molecule has 1 aromatic heterocycles. The second kappa shape index (κ2) is 8.52. The molecule has 0 saturated heterocycles. The van der Waals surface area contributed by atoms with Gasteiger partial charge in [0.25, 0.3) is 5.91 Å². The average molecular weight is 330 g/mol. The highest BCUT2D eigenvalue weighted by Gasteiger charge is 2.16. The van der Waals surface area contributed by atoms with Crippen LogP contribution in [0.3, 0.4) is 0 Å². The number of carbonyl (C=O) groups excluding carboxylic acids is 2. The molecule has 0 radical (unpaired) electrons. The third-order valence-electron chi connectivity index (χ3n) is 2.96. The van der Waals surface area contributed by atoms with Crippen molar-refractivity contribution in [2.24, 2.45) is 0 Å². The Morgan fingerprint density at radius 2 is 2.04 bits per heavy atom. The molecule has 1 aromatic carbocycles. The lowest BCUT2D eigenvalue weighted by Gasteiger charge is -2.09. The van der Waals surface area contributed by atoms with E-state index in [4.69, 9.17) is 14.2 Å². The molecule has 0 atom stereocenters. The molecule has 7 nitrogen and oxygen atoms in total. The number of esters is 1. The van der Waals surface area contributed by atoms with Gasteiger partial charge in [-0.1, -0.05) is 6.07 Å². The zero-order valence-corrected chi connectivity index (χ0v) is 13.4. The first kappa shape index (κ1) is 17.3. The molecular formula is C17H18N2O5. The van der Waals surface area contributed by atoms with E-state index in [1.165, 1.54) is 19.4 Å². The minimum atomic E-state index is -0.674. The second-order valence-corrected chi connectivity index (χ2v) is 4.65. The average Bonchev–Trinajstić information content (AvgIpc) is 2.60. The Hall–Kier alpha value is -3.09. The smallest absolute Gasteiger partial charge is 0.344 e. The molecule has 7 heteroatoms. The van der Waals surface area contributed by atoms with Crippen molar-refractivity contribution in [2.45, 2.75) is 6.92 Å². The number of methoxy groups -OCH3 is 1. The number of ether oxygens (including phenoxy) is 3. The van der Waals surface area contributed by atoms with Gasteiger partial charge in [-0.2, -0.15) is 0 Å². The summed E-state index contributed by atoms with van der Waals surface area (Å²) in [6, 6.07) is 9.98. The maximum atomic E-state index is 12.1. The highest BCUT2D eigenvalue weighted by atomic mass is 16.5. The molecule has 0 unspecified atom stereocenters. The zero-order chi connectivity index (χ0) is 17.4. The minimum Gasteiger partial charge on any atom is -0.497 e. The topological polar surface area (TPSA) is 86.8 Å². The molecule has 0 aliphatic carbocycles. The summed E-state index contributed by atoms with van der Waals surface area (Å²) in [5.41, 5.74) is 0.723. The van der Waals surface area contributed by atoms with Gasteiger partial charge in [0, 0.05) is 18.0 Å². The number of benzene rings is 1. The number of anilines is 1. The van der Waals surface area contributed by atoms with Crippen molar-refractivity contribution in [1.29, 1.82) is 0 Å². The summed E-state index contributed by atoms with van der Waals surface area (Å²) in [6.45, 7) is 1.73. The van der Waals surface area contributed by atoms with E-state index in [1.807, 2.05) is 0 Å². The van der Waals surface area contributed by atoms with Crippen LogP contribution >= 0.6 is 0 Å². The van der Waals surface area contributed by atoms with Gasteiger partial charge in [0.05, 0.1) is 13.7 Å². The predicted octanol–water partition coefficient (Wildman–Crippen LogP) is 2.28. The van der Waals surface area contributed by atoms with Gasteiger partial charge in [0.15, 0.2) is 6.61 Å². The van der Waals surface area contributed by atoms with Gasteiger partial charge in [0.2, 0.25) is 5.88 Å². The number of nitrogens with one attached hydrogen (secondary N) is 1. The Morgan fingerprint density at radius 1 is 1.21 bits per heavy atom. The molecule has 24 heavy (non-hydrogen) atoms. The van der Waals surface area contributed by atoms with Crippen molar-refractivity contribution >= 4 is 17.6 Å². The summed E-state index contributed by atoms with van der Waals surface area (Å²) in [4.78, 5) is 27.9. The van der Waals surface area contributed by atoms with Gasteiger partial charge in [0.1, 0.15) is 11.3 Å². The summed E-state index contributed by atoms with van der Waals surface area (Å²) in [5.74, 6) is -0.342. The molecule has 1 heterocycles. The van der Waals surface area contributed by atoms with E-state index in [9.17, 15) is 9.59 Å². The Bertz CT molecular complexity index is 718.